The fourth-order valence-corrected chi connectivity index (χ4v) is 2.67. The lowest BCUT2D eigenvalue weighted by atomic mass is 10.1. The molecule has 0 spiro atoms. The van der Waals surface area contributed by atoms with Crippen LogP contribution in [0.2, 0.25) is 0 Å². The summed E-state index contributed by atoms with van der Waals surface area (Å²) in [5.74, 6) is -0.680. The van der Waals surface area contributed by atoms with Crippen LogP contribution in [-0.4, -0.2) is 30.6 Å². The van der Waals surface area contributed by atoms with Gasteiger partial charge in [0.2, 0.25) is 0 Å². The van der Waals surface area contributed by atoms with Crippen LogP contribution in [-0.2, 0) is 6.54 Å². The minimum atomic E-state index is -0.366. The van der Waals surface area contributed by atoms with Crippen LogP contribution in [0.5, 0.6) is 0 Å². The van der Waals surface area contributed by atoms with E-state index in [4.69, 9.17) is 0 Å². The van der Waals surface area contributed by atoms with Gasteiger partial charge in [0.15, 0.2) is 0 Å². The summed E-state index contributed by atoms with van der Waals surface area (Å²) >= 11 is 0. The van der Waals surface area contributed by atoms with Gasteiger partial charge in [-0.15, -0.1) is 0 Å². The Morgan fingerprint density at radius 3 is 3.00 bits per heavy atom. The Kier molecular flexibility index (Phi) is 5.28. The maximum Gasteiger partial charge on any atom is 0.127 e. The average molecular weight is 268 g/mol. The molecule has 1 unspecified atom stereocenters. The number of benzene rings is 1. The quantitative estimate of drug-likeness (QED) is 0.903. The molecule has 0 radical (unpaired) electrons. The Hall–Kier alpha value is -1.00. The van der Waals surface area contributed by atoms with E-state index in [1.807, 2.05) is 0 Å². The molecule has 0 amide bonds. The first-order valence-corrected chi connectivity index (χ1v) is 7.08. The van der Waals surface area contributed by atoms with Gasteiger partial charge in [0.05, 0.1) is 0 Å². The molecule has 1 atom stereocenters. The molecule has 19 heavy (non-hydrogen) atoms. The number of nitrogens with zero attached hydrogens (tertiary/aromatic N) is 1. The first-order chi connectivity index (χ1) is 9.19. The minimum Gasteiger partial charge on any atom is -0.313 e. The smallest absolute Gasteiger partial charge is 0.127 e. The Bertz CT molecular complexity index is 409. The monoisotopic (exact) mass is 268 g/mol. The SMILES string of the molecule is CCCC1CN(Cc2cc(F)ccc2F)CCCN1. The molecule has 4 heteroatoms. The van der Waals surface area contributed by atoms with Gasteiger partial charge < -0.3 is 5.32 Å². The highest BCUT2D eigenvalue weighted by molar-refractivity contribution is 5.18. The van der Waals surface area contributed by atoms with Gasteiger partial charge in [-0.3, -0.25) is 4.90 Å². The molecular formula is C15H22F2N2. The second-order valence-electron chi connectivity index (χ2n) is 5.26. The molecule has 0 saturated carbocycles. The van der Waals surface area contributed by atoms with Crippen molar-refractivity contribution in [3.8, 4) is 0 Å². The van der Waals surface area contributed by atoms with Crippen LogP contribution in [0.3, 0.4) is 0 Å². The molecule has 1 aliphatic rings. The van der Waals surface area contributed by atoms with Gasteiger partial charge in [-0.05, 0) is 44.1 Å². The van der Waals surface area contributed by atoms with E-state index >= 15 is 0 Å². The summed E-state index contributed by atoms with van der Waals surface area (Å²) in [6.07, 6.45) is 3.32. The molecule has 0 bridgehead atoms. The molecule has 2 rings (SSSR count). The van der Waals surface area contributed by atoms with Crippen molar-refractivity contribution >= 4 is 0 Å². The molecule has 106 valence electrons. The van der Waals surface area contributed by atoms with Crippen molar-refractivity contribution in [1.82, 2.24) is 10.2 Å². The molecule has 0 aromatic heterocycles. The highest BCUT2D eigenvalue weighted by Crippen LogP contribution is 2.15. The van der Waals surface area contributed by atoms with Crippen LogP contribution in [0.15, 0.2) is 18.2 Å². The van der Waals surface area contributed by atoms with E-state index < -0.39 is 0 Å². The van der Waals surface area contributed by atoms with Crippen molar-refractivity contribution in [2.75, 3.05) is 19.6 Å². The summed E-state index contributed by atoms with van der Waals surface area (Å²) in [4.78, 5) is 2.22. The lowest BCUT2D eigenvalue weighted by molar-refractivity contribution is 0.251. The van der Waals surface area contributed by atoms with Crippen molar-refractivity contribution in [2.45, 2.75) is 38.8 Å². The highest BCUT2D eigenvalue weighted by Gasteiger charge is 2.18. The molecule has 1 N–H and O–H groups in total. The van der Waals surface area contributed by atoms with Crippen LogP contribution in [0.25, 0.3) is 0 Å². The Morgan fingerprint density at radius 2 is 2.21 bits per heavy atom. The first-order valence-electron chi connectivity index (χ1n) is 7.08. The molecule has 2 nitrogen and oxygen atoms in total. The van der Waals surface area contributed by atoms with Crippen LogP contribution in [0.4, 0.5) is 8.78 Å². The normalized spacial score (nSPS) is 21.3. The van der Waals surface area contributed by atoms with Gasteiger partial charge in [0.1, 0.15) is 11.6 Å². The van der Waals surface area contributed by atoms with Gasteiger partial charge >= 0.3 is 0 Å². The van der Waals surface area contributed by atoms with Gasteiger partial charge in [-0.2, -0.15) is 0 Å². The number of halogens is 2. The highest BCUT2D eigenvalue weighted by atomic mass is 19.1. The first kappa shape index (κ1) is 14.4. The maximum absolute atomic E-state index is 13.7. The zero-order valence-corrected chi connectivity index (χ0v) is 11.5. The second-order valence-corrected chi connectivity index (χ2v) is 5.26. The summed E-state index contributed by atoms with van der Waals surface area (Å²) in [5.41, 5.74) is 0.456. The fraction of sp³-hybridized carbons (Fsp3) is 0.600. The van der Waals surface area contributed by atoms with Gasteiger partial charge in [-0.1, -0.05) is 13.3 Å². The number of hydrogen-bond donors (Lipinski definition) is 1. The lowest BCUT2D eigenvalue weighted by Crippen LogP contribution is -2.37. The number of rotatable bonds is 4. The van der Waals surface area contributed by atoms with Crippen LogP contribution in [0.1, 0.15) is 31.7 Å². The van der Waals surface area contributed by atoms with E-state index in [2.05, 4.69) is 17.1 Å². The standard InChI is InChI=1S/C15H22F2N2/c1-2-4-14-11-19(8-3-7-18-14)10-12-9-13(16)5-6-15(12)17/h5-6,9,14,18H,2-4,7-8,10-11H2,1H3. The average Bonchev–Trinajstić information content (AvgIpc) is 2.60. The summed E-state index contributed by atoms with van der Waals surface area (Å²) in [6, 6.07) is 4.15. The van der Waals surface area contributed by atoms with Gasteiger partial charge in [0, 0.05) is 24.7 Å². The molecule has 1 aromatic carbocycles. The second kappa shape index (κ2) is 6.96. The molecule has 1 aromatic rings. The van der Waals surface area contributed by atoms with Crippen molar-refractivity contribution in [2.24, 2.45) is 0 Å². The van der Waals surface area contributed by atoms with E-state index in [1.54, 1.807) is 0 Å². The predicted octanol–water partition coefficient (Wildman–Crippen LogP) is 2.93. The topological polar surface area (TPSA) is 15.3 Å². The van der Waals surface area contributed by atoms with E-state index in [0.717, 1.165) is 38.9 Å². The number of hydrogen-bond acceptors (Lipinski definition) is 2. The van der Waals surface area contributed by atoms with E-state index in [-0.39, 0.29) is 11.6 Å². The van der Waals surface area contributed by atoms with Crippen LogP contribution in [0, 0.1) is 11.6 Å². The lowest BCUT2D eigenvalue weighted by Gasteiger charge is -2.24. The Morgan fingerprint density at radius 1 is 1.37 bits per heavy atom. The largest absolute Gasteiger partial charge is 0.313 e. The molecule has 1 heterocycles. The number of nitrogens with one attached hydrogen (secondary N) is 1. The molecular weight excluding hydrogens is 246 g/mol. The zero-order chi connectivity index (χ0) is 13.7. The molecule has 1 fully saturated rings. The summed E-state index contributed by atoms with van der Waals surface area (Å²) < 4.78 is 26.8. The third kappa shape index (κ3) is 4.25. The molecule has 1 saturated heterocycles. The predicted molar refractivity (Wildman–Crippen MR) is 73.0 cm³/mol. The van der Waals surface area contributed by atoms with Gasteiger partial charge in [0.25, 0.3) is 0 Å². The Labute approximate surface area is 113 Å². The van der Waals surface area contributed by atoms with Crippen molar-refractivity contribution in [3.63, 3.8) is 0 Å². The van der Waals surface area contributed by atoms with E-state index in [1.165, 1.54) is 18.2 Å². The third-order valence-corrected chi connectivity index (χ3v) is 3.60. The summed E-state index contributed by atoms with van der Waals surface area (Å²) in [6.45, 7) is 5.51. The van der Waals surface area contributed by atoms with Gasteiger partial charge in [-0.25, -0.2) is 8.78 Å². The zero-order valence-electron chi connectivity index (χ0n) is 11.5. The Balaban J connectivity index is 2.02. The minimum absolute atomic E-state index is 0.314. The van der Waals surface area contributed by atoms with Crippen LogP contribution >= 0.6 is 0 Å². The van der Waals surface area contributed by atoms with Crippen molar-refractivity contribution in [1.29, 1.82) is 0 Å². The van der Waals surface area contributed by atoms with Crippen molar-refractivity contribution < 1.29 is 8.78 Å². The fourth-order valence-electron chi connectivity index (χ4n) is 2.67. The van der Waals surface area contributed by atoms with E-state index in [9.17, 15) is 8.78 Å². The van der Waals surface area contributed by atoms with E-state index in [0.29, 0.717) is 18.2 Å². The maximum atomic E-state index is 13.7. The van der Waals surface area contributed by atoms with Crippen molar-refractivity contribution in [3.05, 3.63) is 35.4 Å². The molecule has 1 aliphatic heterocycles. The van der Waals surface area contributed by atoms with Crippen LogP contribution < -0.4 is 5.32 Å². The summed E-state index contributed by atoms with van der Waals surface area (Å²) in [7, 11) is 0. The summed E-state index contributed by atoms with van der Waals surface area (Å²) in [5, 5.41) is 3.51. The molecule has 0 aliphatic carbocycles. The third-order valence-electron chi connectivity index (χ3n) is 3.60.